The highest BCUT2D eigenvalue weighted by molar-refractivity contribution is 5.57. The zero-order chi connectivity index (χ0) is 13.7. The number of nitrogen functional groups attached to an aromatic ring is 1. The maximum absolute atomic E-state index is 10.6. The second-order valence-corrected chi connectivity index (χ2v) is 4.64. The van der Waals surface area contributed by atoms with Crippen molar-refractivity contribution in [1.29, 1.82) is 0 Å². The van der Waals surface area contributed by atoms with E-state index >= 15 is 0 Å². The van der Waals surface area contributed by atoms with E-state index < -0.39 is 4.92 Å². The fourth-order valence-electron chi connectivity index (χ4n) is 2.20. The third kappa shape index (κ3) is 3.67. The standard InChI is InChI=1S/C13H18N4O2/c14-13-11(17(18)19)6-7-12(16-13)15-9-8-10-4-2-1-3-5-10/h4,6-7H,1-3,5,8-9H2,(H3,14,15,16). The van der Waals surface area contributed by atoms with Crippen LogP contribution in [0.5, 0.6) is 0 Å². The van der Waals surface area contributed by atoms with Crippen LogP contribution in [-0.4, -0.2) is 16.5 Å². The summed E-state index contributed by atoms with van der Waals surface area (Å²) in [6.07, 6.45) is 8.21. The highest BCUT2D eigenvalue weighted by Crippen LogP contribution is 2.22. The molecule has 0 unspecified atom stereocenters. The third-order valence-corrected chi connectivity index (χ3v) is 3.24. The van der Waals surface area contributed by atoms with Gasteiger partial charge in [-0.2, -0.15) is 0 Å². The first-order valence-corrected chi connectivity index (χ1v) is 6.49. The second kappa shape index (κ2) is 6.17. The number of nitrogens with zero attached hydrogens (tertiary/aromatic N) is 2. The summed E-state index contributed by atoms with van der Waals surface area (Å²) in [7, 11) is 0. The Balaban J connectivity index is 1.87. The van der Waals surface area contributed by atoms with E-state index in [0.29, 0.717) is 5.82 Å². The van der Waals surface area contributed by atoms with E-state index in [-0.39, 0.29) is 11.5 Å². The summed E-state index contributed by atoms with van der Waals surface area (Å²) in [5, 5.41) is 13.8. The van der Waals surface area contributed by atoms with Crippen molar-refractivity contribution in [1.82, 2.24) is 4.98 Å². The van der Waals surface area contributed by atoms with Gasteiger partial charge in [0.2, 0.25) is 5.82 Å². The van der Waals surface area contributed by atoms with Crippen LogP contribution in [0.25, 0.3) is 0 Å². The third-order valence-electron chi connectivity index (χ3n) is 3.24. The van der Waals surface area contributed by atoms with Crippen LogP contribution < -0.4 is 11.1 Å². The molecule has 0 aliphatic heterocycles. The van der Waals surface area contributed by atoms with E-state index in [0.717, 1.165) is 13.0 Å². The Labute approximate surface area is 111 Å². The molecule has 6 heteroatoms. The predicted molar refractivity (Wildman–Crippen MR) is 75.0 cm³/mol. The number of allylic oxidation sites excluding steroid dienone is 1. The molecule has 0 atom stereocenters. The number of aromatic nitrogens is 1. The van der Waals surface area contributed by atoms with Crippen LogP contribution in [-0.2, 0) is 0 Å². The zero-order valence-electron chi connectivity index (χ0n) is 10.8. The first-order chi connectivity index (χ1) is 9.16. The zero-order valence-corrected chi connectivity index (χ0v) is 10.8. The van der Waals surface area contributed by atoms with Crippen molar-refractivity contribution in [3.05, 3.63) is 33.9 Å². The monoisotopic (exact) mass is 262 g/mol. The molecule has 1 aliphatic carbocycles. The lowest BCUT2D eigenvalue weighted by Gasteiger charge is -2.13. The first kappa shape index (κ1) is 13.3. The molecule has 102 valence electrons. The van der Waals surface area contributed by atoms with E-state index in [9.17, 15) is 10.1 Å². The second-order valence-electron chi connectivity index (χ2n) is 4.64. The molecule has 3 N–H and O–H groups in total. The van der Waals surface area contributed by atoms with Gasteiger partial charge < -0.3 is 11.1 Å². The summed E-state index contributed by atoms with van der Waals surface area (Å²) in [5.41, 5.74) is 6.86. The highest BCUT2D eigenvalue weighted by Gasteiger charge is 2.12. The summed E-state index contributed by atoms with van der Waals surface area (Å²) in [6.45, 7) is 0.774. The predicted octanol–water partition coefficient (Wildman–Crippen LogP) is 2.87. The largest absolute Gasteiger partial charge is 0.378 e. The molecule has 1 heterocycles. The maximum atomic E-state index is 10.6. The van der Waals surface area contributed by atoms with Crippen molar-refractivity contribution in [2.75, 3.05) is 17.6 Å². The summed E-state index contributed by atoms with van der Waals surface area (Å²) in [4.78, 5) is 14.1. The average molecular weight is 262 g/mol. The van der Waals surface area contributed by atoms with E-state index in [4.69, 9.17) is 5.73 Å². The molecule has 0 fully saturated rings. The average Bonchev–Trinajstić information content (AvgIpc) is 2.39. The smallest absolute Gasteiger partial charge is 0.311 e. The molecule has 1 aliphatic rings. The van der Waals surface area contributed by atoms with Crippen molar-refractivity contribution in [2.24, 2.45) is 0 Å². The van der Waals surface area contributed by atoms with Crippen molar-refractivity contribution >= 4 is 17.3 Å². The molecule has 0 saturated heterocycles. The minimum Gasteiger partial charge on any atom is -0.378 e. The molecule has 1 aromatic heterocycles. The lowest BCUT2D eigenvalue weighted by Crippen LogP contribution is -2.07. The molecule has 6 nitrogen and oxygen atoms in total. The molecule has 0 spiro atoms. The van der Waals surface area contributed by atoms with Gasteiger partial charge in [0.05, 0.1) is 4.92 Å². The van der Waals surface area contributed by atoms with E-state index in [1.807, 2.05) is 0 Å². The van der Waals surface area contributed by atoms with Crippen LogP contribution in [0.3, 0.4) is 0 Å². The molecule has 0 radical (unpaired) electrons. The van der Waals surface area contributed by atoms with Crippen LogP contribution in [0.15, 0.2) is 23.8 Å². The molecule has 0 bridgehead atoms. The normalized spacial score (nSPS) is 14.8. The van der Waals surface area contributed by atoms with Gasteiger partial charge >= 0.3 is 5.69 Å². The van der Waals surface area contributed by atoms with Crippen LogP contribution >= 0.6 is 0 Å². The topological polar surface area (TPSA) is 94.1 Å². The van der Waals surface area contributed by atoms with Crippen LogP contribution in [0, 0.1) is 10.1 Å². The molecule has 0 amide bonds. The van der Waals surface area contributed by atoms with Gasteiger partial charge in [-0.05, 0) is 38.2 Å². The van der Waals surface area contributed by atoms with E-state index in [1.54, 1.807) is 6.07 Å². The Morgan fingerprint density at radius 1 is 1.42 bits per heavy atom. The van der Waals surface area contributed by atoms with Gasteiger partial charge in [-0.25, -0.2) is 4.98 Å². The summed E-state index contributed by atoms with van der Waals surface area (Å²) < 4.78 is 0. The van der Waals surface area contributed by atoms with Gasteiger partial charge in [0.15, 0.2) is 0 Å². The van der Waals surface area contributed by atoms with Crippen LogP contribution in [0.4, 0.5) is 17.3 Å². The Morgan fingerprint density at radius 2 is 2.26 bits per heavy atom. The lowest BCUT2D eigenvalue weighted by molar-refractivity contribution is -0.384. The molecule has 2 rings (SSSR count). The first-order valence-electron chi connectivity index (χ1n) is 6.49. The molecule has 0 aromatic carbocycles. The number of rotatable bonds is 5. The Bertz CT molecular complexity index is 499. The van der Waals surface area contributed by atoms with Gasteiger partial charge in [0, 0.05) is 12.6 Å². The number of hydrogen-bond acceptors (Lipinski definition) is 5. The molecule has 1 aromatic rings. The van der Waals surface area contributed by atoms with Gasteiger partial charge in [-0.3, -0.25) is 10.1 Å². The minimum absolute atomic E-state index is 0.0492. The minimum atomic E-state index is -0.529. The number of nitro groups is 1. The number of nitrogens with one attached hydrogen (secondary N) is 1. The maximum Gasteiger partial charge on any atom is 0.311 e. The SMILES string of the molecule is Nc1nc(NCCC2=CCCCC2)ccc1[N+](=O)[O-]. The molecular formula is C13H18N4O2. The van der Waals surface area contributed by atoms with E-state index in [2.05, 4.69) is 16.4 Å². The molecule has 0 saturated carbocycles. The molecular weight excluding hydrogens is 244 g/mol. The fraction of sp³-hybridized carbons (Fsp3) is 0.462. The van der Waals surface area contributed by atoms with Crippen LogP contribution in [0.2, 0.25) is 0 Å². The lowest BCUT2D eigenvalue weighted by atomic mass is 9.97. The highest BCUT2D eigenvalue weighted by atomic mass is 16.6. The van der Waals surface area contributed by atoms with Crippen LogP contribution in [0.1, 0.15) is 32.1 Å². The van der Waals surface area contributed by atoms with E-state index in [1.165, 1.54) is 37.3 Å². The number of hydrogen-bond donors (Lipinski definition) is 2. The van der Waals surface area contributed by atoms with Crippen molar-refractivity contribution in [2.45, 2.75) is 32.1 Å². The number of nitrogens with two attached hydrogens (primary N) is 1. The Hall–Kier alpha value is -2.11. The number of pyridine rings is 1. The van der Waals surface area contributed by atoms with Gasteiger partial charge in [-0.15, -0.1) is 0 Å². The van der Waals surface area contributed by atoms with Crippen molar-refractivity contribution in [3.63, 3.8) is 0 Å². The Kier molecular flexibility index (Phi) is 4.33. The van der Waals surface area contributed by atoms with Gasteiger partial charge in [0.25, 0.3) is 0 Å². The van der Waals surface area contributed by atoms with Crippen molar-refractivity contribution < 1.29 is 4.92 Å². The summed E-state index contributed by atoms with van der Waals surface area (Å²) >= 11 is 0. The fourth-order valence-corrected chi connectivity index (χ4v) is 2.20. The van der Waals surface area contributed by atoms with Crippen molar-refractivity contribution in [3.8, 4) is 0 Å². The summed E-state index contributed by atoms with van der Waals surface area (Å²) in [5.74, 6) is 0.534. The van der Waals surface area contributed by atoms with Gasteiger partial charge in [-0.1, -0.05) is 11.6 Å². The number of anilines is 2. The Morgan fingerprint density at radius 3 is 2.89 bits per heavy atom. The quantitative estimate of drug-likeness (QED) is 0.483. The van der Waals surface area contributed by atoms with Gasteiger partial charge in [0.1, 0.15) is 5.82 Å². The molecule has 19 heavy (non-hydrogen) atoms. The summed E-state index contributed by atoms with van der Waals surface area (Å²) in [6, 6.07) is 2.97.